The molecule has 188 valence electrons. The molecule has 1 saturated heterocycles. The van der Waals surface area contributed by atoms with Gasteiger partial charge in [-0.25, -0.2) is 0 Å². The second-order valence-corrected chi connectivity index (χ2v) is 9.26. The van der Waals surface area contributed by atoms with E-state index >= 15 is 0 Å². The molecule has 4 aromatic rings. The predicted molar refractivity (Wildman–Crippen MR) is 150 cm³/mol. The second-order valence-electron chi connectivity index (χ2n) is 8.87. The molecule has 3 heterocycles. The lowest BCUT2D eigenvalue weighted by Crippen LogP contribution is -2.30. The molecule has 0 bridgehead atoms. The van der Waals surface area contributed by atoms with Gasteiger partial charge in [0.2, 0.25) is 5.91 Å². The molecule has 0 saturated carbocycles. The maximum atomic E-state index is 12.0. The molecule has 7 nitrogen and oxygen atoms in total. The lowest BCUT2D eigenvalue weighted by atomic mass is 10.0. The highest BCUT2D eigenvalue weighted by Crippen LogP contribution is 2.44. The van der Waals surface area contributed by atoms with Gasteiger partial charge in [0, 0.05) is 41.9 Å². The van der Waals surface area contributed by atoms with Crippen molar-refractivity contribution in [2.45, 2.75) is 32.4 Å². The summed E-state index contributed by atoms with van der Waals surface area (Å²) in [6.07, 6.45) is 4.26. The number of nitrogens with zero attached hydrogens (tertiary/aromatic N) is 3. The number of benzene rings is 2. The molecule has 0 radical (unpaired) electrons. The third-order valence-electron chi connectivity index (χ3n) is 6.61. The van der Waals surface area contributed by atoms with E-state index in [0.29, 0.717) is 23.0 Å². The Morgan fingerprint density at radius 1 is 1.11 bits per heavy atom. The van der Waals surface area contributed by atoms with Crippen LogP contribution in [0.1, 0.15) is 42.4 Å². The van der Waals surface area contributed by atoms with Crippen molar-refractivity contribution in [3.05, 3.63) is 102 Å². The Balaban J connectivity index is 1.64. The van der Waals surface area contributed by atoms with Crippen molar-refractivity contribution in [2.75, 3.05) is 17.3 Å². The van der Waals surface area contributed by atoms with E-state index in [4.69, 9.17) is 17.0 Å². The minimum absolute atomic E-state index is 0.0754. The van der Waals surface area contributed by atoms with Crippen molar-refractivity contribution in [2.24, 2.45) is 0 Å². The van der Waals surface area contributed by atoms with Gasteiger partial charge in [-0.3, -0.25) is 9.78 Å². The number of aryl methyl sites for hydroxylation is 1. The number of nitrogens with one attached hydrogen (secondary N) is 2. The largest absolute Gasteiger partial charge is 0.494 e. The van der Waals surface area contributed by atoms with Gasteiger partial charge >= 0.3 is 0 Å². The average Bonchev–Trinajstić information content (AvgIpc) is 3.53. The molecule has 0 aliphatic carbocycles. The summed E-state index contributed by atoms with van der Waals surface area (Å²) in [6.45, 7) is 3.93. The molecule has 1 aliphatic rings. The number of amides is 1. The number of carbonyl (C=O) groups excluding carboxylic acids is 1. The summed E-state index contributed by atoms with van der Waals surface area (Å²) in [7, 11) is 1.60. The Morgan fingerprint density at radius 3 is 2.65 bits per heavy atom. The number of ether oxygens (including phenoxy) is 1. The quantitative estimate of drug-likeness (QED) is 0.310. The van der Waals surface area contributed by atoms with Crippen LogP contribution in [0.3, 0.4) is 0 Å². The number of pyridine rings is 1. The van der Waals surface area contributed by atoms with Crippen LogP contribution in [-0.4, -0.2) is 27.7 Å². The fourth-order valence-electron chi connectivity index (χ4n) is 4.79. The monoisotopic (exact) mass is 511 g/mol. The molecule has 2 atom stereocenters. The fraction of sp³-hybridized carbons (Fsp3) is 0.207. The third-order valence-corrected chi connectivity index (χ3v) is 6.93. The van der Waals surface area contributed by atoms with Crippen LogP contribution in [0.15, 0.2) is 85.2 Å². The van der Waals surface area contributed by atoms with Gasteiger partial charge in [-0.1, -0.05) is 31.2 Å². The van der Waals surface area contributed by atoms with Crippen molar-refractivity contribution in [3.8, 4) is 11.4 Å². The zero-order valence-corrected chi connectivity index (χ0v) is 21.8. The van der Waals surface area contributed by atoms with E-state index in [1.807, 2.05) is 55.5 Å². The van der Waals surface area contributed by atoms with E-state index in [1.54, 1.807) is 13.3 Å². The zero-order valence-electron chi connectivity index (χ0n) is 21.0. The van der Waals surface area contributed by atoms with E-state index in [2.05, 4.69) is 62.5 Å². The number of para-hydroxylation sites is 1. The highest BCUT2D eigenvalue weighted by molar-refractivity contribution is 7.80. The maximum absolute atomic E-state index is 12.0. The lowest BCUT2D eigenvalue weighted by molar-refractivity contribution is -0.115. The number of thiocarbonyl (C=S) groups is 1. The number of hydrogen-bond donors (Lipinski definition) is 2. The maximum Gasteiger partial charge on any atom is 0.224 e. The normalized spacial score (nSPS) is 16.9. The van der Waals surface area contributed by atoms with E-state index in [1.165, 1.54) is 5.56 Å². The Hall–Kier alpha value is -4.17. The SMILES string of the molecule is CCC(=O)Nc1ccc(N2C(=S)N[C@@H](c3ccccn3)[C@@H]2c2cccn2-c2ccccc2C)cc1OC. The van der Waals surface area contributed by atoms with Gasteiger partial charge in [0.15, 0.2) is 5.11 Å². The predicted octanol–water partition coefficient (Wildman–Crippen LogP) is 5.71. The lowest BCUT2D eigenvalue weighted by Gasteiger charge is -2.29. The third kappa shape index (κ3) is 4.68. The highest BCUT2D eigenvalue weighted by Gasteiger charge is 2.42. The van der Waals surface area contributed by atoms with Crippen molar-refractivity contribution >= 4 is 34.6 Å². The topological polar surface area (TPSA) is 71.4 Å². The molecular formula is C29H29N5O2S. The van der Waals surface area contributed by atoms with Crippen LogP contribution in [-0.2, 0) is 4.79 Å². The van der Waals surface area contributed by atoms with Crippen LogP contribution in [0.5, 0.6) is 5.75 Å². The van der Waals surface area contributed by atoms with Crippen LogP contribution in [0.2, 0.25) is 0 Å². The number of hydrogen-bond acceptors (Lipinski definition) is 4. The first-order valence-corrected chi connectivity index (χ1v) is 12.6. The van der Waals surface area contributed by atoms with Gasteiger partial charge in [0.1, 0.15) is 11.8 Å². The van der Waals surface area contributed by atoms with Gasteiger partial charge in [0.25, 0.3) is 0 Å². The van der Waals surface area contributed by atoms with Gasteiger partial charge in [0.05, 0.1) is 24.5 Å². The summed E-state index contributed by atoms with van der Waals surface area (Å²) in [5.74, 6) is 0.491. The number of aromatic nitrogens is 2. The van der Waals surface area contributed by atoms with Crippen molar-refractivity contribution < 1.29 is 9.53 Å². The van der Waals surface area contributed by atoms with E-state index in [9.17, 15) is 4.79 Å². The summed E-state index contributed by atoms with van der Waals surface area (Å²) in [5, 5.41) is 7.01. The molecule has 0 unspecified atom stereocenters. The van der Waals surface area contributed by atoms with Gasteiger partial charge in [-0.2, -0.15) is 0 Å². The molecule has 1 aliphatic heterocycles. The first-order valence-electron chi connectivity index (χ1n) is 12.2. The Bertz CT molecular complexity index is 1440. The van der Waals surface area contributed by atoms with Crippen molar-refractivity contribution in [1.82, 2.24) is 14.9 Å². The number of carbonyl (C=O) groups is 1. The van der Waals surface area contributed by atoms with Crippen molar-refractivity contribution in [3.63, 3.8) is 0 Å². The van der Waals surface area contributed by atoms with Crippen LogP contribution >= 0.6 is 12.2 Å². The van der Waals surface area contributed by atoms with E-state index in [0.717, 1.165) is 22.8 Å². The molecule has 2 aromatic heterocycles. The van der Waals surface area contributed by atoms with Gasteiger partial charge in [-0.15, -0.1) is 0 Å². The first kappa shape index (κ1) is 24.5. The molecule has 1 amide bonds. The van der Waals surface area contributed by atoms with Crippen LogP contribution in [0, 0.1) is 6.92 Å². The van der Waals surface area contributed by atoms with Gasteiger partial charge < -0.3 is 24.8 Å². The summed E-state index contributed by atoms with van der Waals surface area (Å²) in [5.41, 5.74) is 5.72. The smallest absolute Gasteiger partial charge is 0.224 e. The summed E-state index contributed by atoms with van der Waals surface area (Å²) in [4.78, 5) is 18.8. The molecule has 1 fully saturated rings. The zero-order chi connectivity index (χ0) is 25.9. The second kappa shape index (κ2) is 10.4. The fourth-order valence-corrected chi connectivity index (χ4v) is 5.14. The summed E-state index contributed by atoms with van der Waals surface area (Å²) in [6, 6.07) is 23.8. The van der Waals surface area contributed by atoms with Crippen LogP contribution < -0.4 is 20.3 Å². The Morgan fingerprint density at radius 2 is 1.92 bits per heavy atom. The molecule has 2 aromatic carbocycles. The molecule has 8 heteroatoms. The minimum Gasteiger partial charge on any atom is -0.494 e. The number of rotatable bonds is 7. The van der Waals surface area contributed by atoms with Crippen LogP contribution in [0.25, 0.3) is 5.69 Å². The Labute approximate surface area is 222 Å². The molecule has 2 N–H and O–H groups in total. The standard InChI is InChI=1S/C29H29N5O2S/c1-4-26(35)31-21-15-14-20(18-25(21)36-3)34-28(27(32-29(34)37)22-11-7-8-16-30-22)24-13-9-17-33(24)23-12-6-5-10-19(23)2/h5-18,27-28H,4H2,1-3H3,(H,31,35)(H,32,37)/t27-,28-/m0/s1. The van der Waals surface area contributed by atoms with Crippen LogP contribution in [0.4, 0.5) is 11.4 Å². The highest BCUT2D eigenvalue weighted by atomic mass is 32.1. The summed E-state index contributed by atoms with van der Waals surface area (Å²) < 4.78 is 7.86. The Kier molecular flexibility index (Phi) is 6.92. The number of anilines is 2. The number of methoxy groups -OCH3 is 1. The summed E-state index contributed by atoms with van der Waals surface area (Å²) >= 11 is 5.90. The first-order chi connectivity index (χ1) is 18.0. The molecule has 37 heavy (non-hydrogen) atoms. The molecule has 5 rings (SSSR count). The average molecular weight is 512 g/mol. The van der Waals surface area contributed by atoms with Gasteiger partial charge in [-0.05, 0) is 67.2 Å². The van der Waals surface area contributed by atoms with E-state index < -0.39 is 0 Å². The molecule has 0 spiro atoms. The van der Waals surface area contributed by atoms with Crippen molar-refractivity contribution in [1.29, 1.82) is 0 Å². The minimum atomic E-state index is -0.196. The van der Waals surface area contributed by atoms with E-state index in [-0.39, 0.29) is 18.0 Å². The molecular weight excluding hydrogens is 482 g/mol.